The van der Waals surface area contributed by atoms with Gasteiger partial charge in [0.1, 0.15) is 16.7 Å². The number of nitrogens with one attached hydrogen (secondary N) is 3. The van der Waals surface area contributed by atoms with Crippen LogP contribution in [0, 0.1) is 0 Å². The average Bonchev–Trinajstić information content (AvgIpc) is 3.84. The van der Waals surface area contributed by atoms with E-state index in [-0.39, 0.29) is 11.6 Å². The Hall–Kier alpha value is -5.49. The number of methoxy groups -OCH3 is 1. The molecule has 0 spiro atoms. The Labute approximate surface area is 295 Å². The van der Waals surface area contributed by atoms with Crippen molar-refractivity contribution in [3.63, 3.8) is 0 Å². The molecule has 2 heterocycles. The van der Waals surface area contributed by atoms with Crippen molar-refractivity contribution in [1.82, 2.24) is 10.3 Å². The maximum absolute atomic E-state index is 13.7. The molecule has 0 aliphatic carbocycles. The molecule has 6 aromatic rings. The quantitative estimate of drug-likeness (QED) is 0.0869. The fraction of sp³-hybridized carbons (Fsp3) is 0.0526. The molecule has 244 valence electrons. The first-order chi connectivity index (χ1) is 24.0. The molecular weight excluding hydrogens is 673 g/mol. The van der Waals surface area contributed by atoms with Crippen molar-refractivity contribution in [2.75, 3.05) is 17.7 Å². The lowest BCUT2D eigenvalue weighted by Crippen LogP contribution is -2.30. The number of amides is 3. The highest BCUT2D eigenvalue weighted by Crippen LogP contribution is 2.38. The number of thioether (sulfide) groups is 1. The number of ether oxygens (including phenoxy) is 1. The van der Waals surface area contributed by atoms with Crippen molar-refractivity contribution in [3.05, 3.63) is 154 Å². The number of nitrogens with zero attached hydrogens (tertiary/aromatic N) is 1. The van der Waals surface area contributed by atoms with E-state index in [1.165, 1.54) is 23.1 Å². The number of anilines is 2. The summed E-state index contributed by atoms with van der Waals surface area (Å²) in [6.07, 6.45) is 1.58. The van der Waals surface area contributed by atoms with Gasteiger partial charge in [-0.3, -0.25) is 14.4 Å². The van der Waals surface area contributed by atoms with E-state index in [9.17, 15) is 14.4 Å². The van der Waals surface area contributed by atoms with E-state index in [1.807, 2.05) is 77.5 Å². The second kappa shape index (κ2) is 16.1. The number of benzene rings is 4. The summed E-state index contributed by atoms with van der Waals surface area (Å²) >= 11 is 4.32. The standard InChI is InChI=1S/C38H30N4O4S3/c1-46-32-19-9-8-16-27(32)22-30(40-35(43)26-14-6-3-7-15-26)36(44)39-28-17-10-18-29(23-28)49-34(25-12-4-2-5-13-25)37(45)42-38-41-31(24-48-38)33-20-11-21-47-33/h2-24,34H,1H3,(H,39,44)(H,40,43)(H,41,42,45)/b30-22+. The Morgan fingerprint density at radius 3 is 2.33 bits per heavy atom. The van der Waals surface area contributed by atoms with Crippen molar-refractivity contribution in [2.24, 2.45) is 0 Å². The van der Waals surface area contributed by atoms with Crippen molar-refractivity contribution < 1.29 is 19.1 Å². The van der Waals surface area contributed by atoms with Gasteiger partial charge in [-0.05, 0) is 59.5 Å². The van der Waals surface area contributed by atoms with Crippen LogP contribution in [0.4, 0.5) is 10.8 Å². The number of thiophene rings is 1. The fourth-order valence-corrected chi connectivity index (χ4v) is 7.36. The molecule has 2 aromatic heterocycles. The van der Waals surface area contributed by atoms with Crippen LogP contribution in [-0.2, 0) is 9.59 Å². The van der Waals surface area contributed by atoms with Gasteiger partial charge < -0.3 is 20.7 Å². The molecule has 0 saturated carbocycles. The van der Waals surface area contributed by atoms with Crippen LogP contribution in [-0.4, -0.2) is 29.8 Å². The zero-order valence-electron chi connectivity index (χ0n) is 26.2. The van der Waals surface area contributed by atoms with Crippen LogP contribution in [0.1, 0.15) is 26.7 Å². The zero-order chi connectivity index (χ0) is 34.0. The minimum absolute atomic E-state index is 0.0308. The number of thiazole rings is 1. The molecule has 0 aliphatic rings. The number of hydrogen-bond acceptors (Lipinski definition) is 8. The Bertz CT molecular complexity index is 2080. The van der Waals surface area contributed by atoms with Crippen LogP contribution in [0.25, 0.3) is 16.6 Å². The Kier molecular flexibility index (Phi) is 11.0. The van der Waals surface area contributed by atoms with Crippen LogP contribution in [0.3, 0.4) is 0 Å². The van der Waals surface area contributed by atoms with E-state index in [2.05, 4.69) is 20.9 Å². The molecular formula is C38H30N4O4S3. The molecule has 49 heavy (non-hydrogen) atoms. The summed E-state index contributed by atoms with van der Waals surface area (Å²) in [7, 11) is 1.54. The number of rotatable bonds is 12. The summed E-state index contributed by atoms with van der Waals surface area (Å²) < 4.78 is 5.47. The van der Waals surface area contributed by atoms with Crippen LogP contribution in [0.5, 0.6) is 5.75 Å². The van der Waals surface area contributed by atoms with Gasteiger partial charge in [0.25, 0.3) is 11.8 Å². The third kappa shape index (κ3) is 8.71. The molecule has 8 nitrogen and oxygen atoms in total. The van der Waals surface area contributed by atoms with Gasteiger partial charge in [0.2, 0.25) is 5.91 Å². The molecule has 4 aromatic carbocycles. The van der Waals surface area contributed by atoms with Gasteiger partial charge in [-0.2, -0.15) is 0 Å². The summed E-state index contributed by atoms with van der Waals surface area (Å²) in [5, 5.41) is 12.5. The first-order valence-electron chi connectivity index (χ1n) is 15.1. The Morgan fingerprint density at radius 2 is 1.57 bits per heavy atom. The van der Waals surface area contributed by atoms with Gasteiger partial charge in [0.15, 0.2) is 5.13 Å². The second-order valence-corrected chi connectivity index (χ2v) is 13.5. The SMILES string of the molecule is COc1ccccc1/C=C(/NC(=O)c1ccccc1)C(=O)Nc1cccc(SC(C(=O)Nc2nc(-c3cccs3)cs2)c2ccccc2)c1. The fourth-order valence-electron chi connectivity index (χ4n) is 4.81. The number of para-hydroxylation sites is 1. The lowest BCUT2D eigenvalue weighted by atomic mass is 10.1. The maximum atomic E-state index is 13.7. The van der Waals surface area contributed by atoms with Crippen molar-refractivity contribution in [1.29, 1.82) is 0 Å². The lowest BCUT2D eigenvalue weighted by Gasteiger charge is -2.17. The van der Waals surface area contributed by atoms with E-state index >= 15 is 0 Å². The molecule has 0 saturated heterocycles. The predicted octanol–water partition coefficient (Wildman–Crippen LogP) is 8.76. The van der Waals surface area contributed by atoms with Crippen molar-refractivity contribution >= 4 is 69.1 Å². The Balaban J connectivity index is 1.22. The van der Waals surface area contributed by atoms with Crippen LogP contribution in [0.15, 0.2) is 143 Å². The van der Waals surface area contributed by atoms with Gasteiger partial charge in [0, 0.05) is 27.1 Å². The molecule has 3 amide bonds. The minimum Gasteiger partial charge on any atom is -0.496 e. The van der Waals surface area contributed by atoms with Crippen molar-refractivity contribution in [2.45, 2.75) is 10.1 Å². The van der Waals surface area contributed by atoms with Crippen LogP contribution >= 0.6 is 34.4 Å². The largest absolute Gasteiger partial charge is 0.496 e. The first kappa shape index (κ1) is 33.4. The second-order valence-electron chi connectivity index (χ2n) is 10.5. The molecule has 11 heteroatoms. The highest BCUT2D eigenvalue weighted by molar-refractivity contribution is 8.00. The van der Waals surface area contributed by atoms with E-state index in [0.29, 0.717) is 27.7 Å². The summed E-state index contributed by atoms with van der Waals surface area (Å²) in [6, 6.07) is 36.6. The van der Waals surface area contributed by atoms with E-state index in [0.717, 1.165) is 21.0 Å². The van der Waals surface area contributed by atoms with Gasteiger partial charge >= 0.3 is 0 Å². The average molecular weight is 703 g/mol. The maximum Gasteiger partial charge on any atom is 0.272 e. The summed E-state index contributed by atoms with van der Waals surface area (Å²) in [6.45, 7) is 0. The number of aromatic nitrogens is 1. The molecule has 0 bridgehead atoms. The monoisotopic (exact) mass is 702 g/mol. The van der Waals surface area contributed by atoms with E-state index in [4.69, 9.17) is 4.74 Å². The molecule has 0 aliphatic heterocycles. The highest BCUT2D eigenvalue weighted by Gasteiger charge is 2.24. The van der Waals surface area contributed by atoms with Gasteiger partial charge in [-0.1, -0.05) is 78.9 Å². The smallest absolute Gasteiger partial charge is 0.272 e. The van der Waals surface area contributed by atoms with E-state index in [1.54, 1.807) is 79.1 Å². The number of carbonyl (C=O) groups is 3. The molecule has 6 rings (SSSR count). The zero-order valence-corrected chi connectivity index (χ0v) is 28.6. The third-order valence-electron chi connectivity index (χ3n) is 7.16. The summed E-state index contributed by atoms with van der Waals surface area (Å²) in [4.78, 5) is 47.0. The van der Waals surface area contributed by atoms with Crippen molar-refractivity contribution in [3.8, 4) is 16.3 Å². The van der Waals surface area contributed by atoms with Crippen LogP contribution in [0.2, 0.25) is 0 Å². The highest BCUT2D eigenvalue weighted by atomic mass is 32.2. The third-order valence-corrected chi connectivity index (χ3v) is 10.1. The topological polar surface area (TPSA) is 109 Å². The number of carbonyl (C=O) groups excluding carboxylic acids is 3. The van der Waals surface area contributed by atoms with E-state index < -0.39 is 17.1 Å². The normalized spacial score (nSPS) is 11.7. The summed E-state index contributed by atoms with van der Waals surface area (Å²) in [5.74, 6) is -0.630. The Morgan fingerprint density at radius 1 is 0.816 bits per heavy atom. The first-order valence-corrected chi connectivity index (χ1v) is 17.7. The molecule has 3 N–H and O–H groups in total. The molecule has 0 radical (unpaired) electrons. The lowest BCUT2D eigenvalue weighted by molar-refractivity contribution is -0.116. The molecule has 0 fully saturated rings. The molecule has 1 unspecified atom stereocenters. The van der Waals surface area contributed by atoms with Gasteiger partial charge in [-0.25, -0.2) is 4.98 Å². The summed E-state index contributed by atoms with van der Waals surface area (Å²) in [5.41, 5.74) is 3.19. The number of hydrogen-bond donors (Lipinski definition) is 3. The molecule has 1 atom stereocenters. The van der Waals surface area contributed by atoms with Gasteiger partial charge in [-0.15, -0.1) is 34.4 Å². The van der Waals surface area contributed by atoms with Gasteiger partial charge in [0.05, 0.1) is 17.7 Å². The minimum atomic E-state index is -0.604. The predicted molar refractivity (Wildman–Crippen MR) is 199 cm³/mol. The van der Waals surface area contributed by atoms with Crippen LogP contribution < -0.4 is 20.7 Å².